The highest BCUT2D eigenvalue weighted by Crippen LogP contribution is 1.91. The minimum Gasteiger partial charge on any atom is -0.338 e. The highest BCUT2D eigenvalue weighted by molar-refractivity contribution is 5.73. The lowest BCUT2D eigenvalue weighted by atomic mass is 10.4. The average molecular weight is 188 g/mol. The monoisotopic (exact) mass is 188 g/mol. The summed E-state index contributed by atoms with van der Waals surface area (Å²) in [7, 11) is 6.43. The summed E-state index contributed by atoms with van der Waals surface area (Å²) in [4.78, 5) is 10.9. The SMILES string of the molecule is CCNC(=O)NCCC[N+](C)(C)C. The van der Waals surface area contributed by atoms with Crippen molar-refractivity contribution in [1.82, 2.24) is 10.6 Å². The molecule has 0 radical (unpaired) electrons. The van der Waals surface area contributed by atoms with Gasteiger partial charge >= 0.3 is 6.03 Å². The van der Waals surface area contributed by atoms with Crippen LogP contribution in [0.25, 0.3) is 0 Å². The topological polar surface area (TPSA) is 41.1 Å². The van der Waals surface area contributed by atoms with E-state index in [1.54, 1.807) is 0 Å². The third-order valence-electron chi connectivity index (χ3n) is 1.63. The van der Waals surface area contributed by atoms with Gasteiger partial charge in [0.25, 0.3) is 0 Å². The molecule has 0 saturated heterocycles. The van der Waals surface area contributed by atoms with Crippen LogP contribution in [0.2, 0.25) is 0 Å². The second-order valence-corrected chi connectivity index (χ2v) is 4.15. The quantitative estimate of drug-likeness (QED) is 0.476. The zero-order valence-corrected chi connectivity index (χ0v) is 9.18. The van der Waals surface area contributed by atoms with Crippen LogP contribution in [0.4, 0.5) is 4.79 Å². The minimum atomic E-state index is -0.0658. The zero-order chi connectivity index (χ0) is 10.3. The minimum absolute atomic E-state index is 0.0658. The molecule has 2 amide bonds. The molecule has 0 rings (SSSR count). The molecule has 4 nitrogen and oxygen atoms in total. The van der Waals surface area contributed by atoms with E-state index in [9.17, 15) is 4.79 Å². The molecule has 0 aromatic heterocycles. The Morgan fingerprint density at radius 2 is 1.85 bits per heavy atom. The van der Waals surface area contributed by atoms with Gasteiger partial charge in [-0.1, -0.05) is 0 Å². The number of rotatable bonds is 5. The smallest absolute Gasteiger partial charge is 0.314 e. The first-order chi connectivity index (χ1) is 5.95. The molecular weight excluding hydrogens is 166 g/mol. The van der Waals surface area contributed by atoms with Crippen molar-refractivity contribution in [1.29, 1.82) is 0 Å². The average Bonchev–Trinajstić information content (AvgIpc) is 1.97. The molecule has 0 heterocycles. The number of nitrogens with zero attached hydrogens (tertiary/aromatic N) is 1. The van der Waals surface area contributed by atoms with E-state index in [4.69, 9.17) is 0 Å². The fourth-order valence-electron chi connectivity index (χ4n) is 0.978. The molecule has 0 saturated carbocycles. The van der Waals surface area contributed by atoms with Crippen molar-refractivity contribution in [2.75, 3.05) is 40.8 Å². The Morgan fingerprint density at radius 1 is 1.23 bits per heavy atom. The number of urea groups is 1. The van der Waals surface area contributed by atoms with Gasteiger partial charge in [-0.05, 0) is 6.92 Å². The molecule has 2 N–H and O–H groups in total. The summed E-state index contributed by atoms with van der Waals surface area (Å²) in [6.45, 7) is 4.42. The molecule has 0 aromatic carbocycles. The van der Waals surface area contributed by atoms with Gasteiger partial charge in [0, 0.05) is 19.5 Å². The molecule has 78 valence electrons. The maximum absolute atomic E-state index is 10.9. The maximum atomic E-state index is 10.9. The van der Waals surface area contributed by atoms with Crippen LogP contribution in [0, 0.1) is 0 Å². The molecule has 0 fully saturated rings. The molecule has 0 aliphatic heterocycles. The Labute approximate surface area is 80.9 Å². The van der Waals surface area contributed by atoms with E-state index >= 15 is 0 Å². The van der Waals surface area contributed by atoms with Gasteiger partial charge < -0.3 is 15.1 Å². The molecule has 0 spiro atoms. The molecular formula is C9H22N3O+. The van der Waals surface area contributed by atoms with E-state index in [0.717, 1.165) is 24.0 Å². The standard InChI is InChI=1S/C9H21N3O/c1-5-10-9(13)11-7-6-8-12(2,3)4/h5-8H2,1-4H3,(H-,10,11,13)/p+1. The highest BCUT2D eigenvalue weighted by Gasteiger charge is 2.05. The van der Waals surface area contributed by atoms with Crippen molar-refractivity contribution in [2.24, 2.45) is 0 Å². The van der Waals surface area contributed by atoms with Gasteiger partial charge in [0.05, 0.1) is 27.7 Å². The molecule has 4 heteroatoms. The molecule has 13 heavy (non-hydrogen) atoms. The lowest BCUT2D eigenvalue weighted by molar-refractivity contribution is -0.870. The molecule has 0 atom stereocenters. The van der Waals surface area contributed by atoms with Crippen LogP contribution >= 0.6 is 0 Å². The predicted molar refractivity (Wildman–Crippen MR) is 54.6 cm³/mol. The number of quaternary nitrogens is 1. The first-order valence-corrected chi connectivity index (χ1v) is 4.78. The number of carbonyl (C=O) groups is 1. The lowest BCUT2D eigenvalue weighted by Crippen LogP contribution is -2.39. The molecule has 0 aliphatic rings. The van der Waals surface area contributed by atoms with Gasteiger partial charge in [-0.25, -0.2) is 4.79 Å². The molecule has 0 aromatic rings. The second-order valence-electron chi connectivity index (χ2n) is 4.15. The third kappa shape index (κ3) is 9.14. The zero-order valence-electron chi connectivity index (χ0n) is 9.18. The van der Waals surface area contributed by atoms with Crippen LogP contribution in [0.1, 0.15) is 13.3 Å². The summed E-state index contributed by atoms with van der Waals surface area (Å²) in [5.74, 6) is 0. The molecule has 0 aliphatic carbocycles. The first kappa shape index (κ1) is 12.2. The van der Waals surface area contributed by atoms with Crippen LogP contribution in [-0.2, 0) is 0 Å². The highest BCUT2D eigenvalue weighted by atomic mass is 16.2. The largest absolute Gasteiger partial charge is 0.338 e. The number of hydrogen-bond acceptors (Lipinski definition) is 1. The summed E-state index contributed by atoms with van der Waals surface area (Å²) in [6, 6.07) is -0.0658. The number of carbonyl (C=O) groups excluding carboxylic acids is 1. The van der Waals surface area contributed by atoms with Crippen molar-refractivity contribution in [3.05, 3.63) is 0 Å². The van der Waals surface area contributed by atoms with Crippen molar-refractivity contribution in [3.63, 3.8) is 0 Å². The number of hydrogen-bond donors (Lipinski definition) is 2. The predicted octanol–water partition coefficient (Wildman–Crippen LogP) is 0.402. The Morgan fingerprint density at radius 3 is 2.31 bits per heavy atom. The van der Waals surface area contributed by atoms with Crippen molar-refractivity contribution < 1.29 is 9.28 Å². The van der Waals surface area contributed by atoms with Crippen LogP contribution in [-0.4, -0.2) is 51.3 Å². The number of amides is 2. The van der Waals surface area contributed by atoms with E-state index in [2.05, 4.69) is 31.8 Å². The van der Waals surface area contributed by atoms with E-state index in [1.807, 2.05) is 6.92 Å². The summed E-state index contributed by atoms with van der Waals surface area (Å²) in [5, 5.41) is 5.48. The molecule has 0 unspecified atom stereocenters. The van der Waals surface area contributed by atoms with Crippen LogP contribution < -0.4 is 10.6 Å². The summed E-state index contributed by atoms with van der Waals surface area (Å²) in [6.07, 6.45) is 1.01. The van der Waals surface area contributed by atoms with Gasteiger partial charge in [0.2, 0.25) is 0 Å². The van der Waals surface area contributed by atoms with Gasteiger partial charge in [-0.3, -0.25) is 0 Å². The van der Waals surface area contributed by atoms with Gasteiger partial charge in [0.1, 0.15) is 0 Å². The fraction of sp³-hybridized carbons (Fsp3) is 0.889. The van der Waals surface area contributed by atoms with E-state index < -0.39 is 0 Å². The van der Waals surface area contributed by atoms with E-state index in [-0.39, 0.29) is 6.03 Å². The first-order valence-electron chi connectivity index (χ1n) is 4.78. The Bertz CT molecular complexity index is 151. The summed E-state index contributed by atoms with van der Waals surface area (Å²) < 4.78 is 0.942. The van der Waals surface area contributed by atoms with Crippen LogP contribution in [0.5, 0.6) is 0 Å². The normalized spacial score (nSPS) is 11.1. The fourth-order valence-corrected chi connectivity index (χ4v) is 0.978. The van der Waals surface area contributed by atoms with Crippen molar-refractivity contribution in [2.45, 2.75) is 13.3 Å². The summed E-state index contributed by atoms with van der Waals surface area (Å²) in [5.41, 5.74) is 0. The Balaban J connectivity index is 3.31. The van der Waals surface area contributed by atoms with Crippen molar-refractivity contribution in [3.8, 4) is 0 Å². The van der Waals surface area contributed by atoms with E-state index in [1.165, 1.54) is 0 Å². The lowest BCUT2D eigenvalue weighted by Gasteiger charge is -2.23. The summed E-state index contributed by atoms with van der Waals surface area (Å²) >= 11 is 0. The Hall–Kier alpha value is -0.770. The van der Waals surface area contributed by atoms with Gasteiger partial charge in [-0.2, -0.15) is 0 Å². The van der Waals surface area contributed by atoms with Gasteiger partial charge in [0.15, 0.2) is 0 Å². The van der Waals surface area contributed by atoms with Crippen molar-refractivity contribution >= 4 is 6.03 Å². The second kappa shape index (κ2) is 5.80. The third-order valence-corrected chi connectivity index (χ3v) is 1.63. The maximum Gasteiger partial charge on any atom is 0.314 e. The number of nitrogens with one attached hydrogen (secondary N) is 2. The van der Waals surface area contributed by atoms with Gasteiger partial charge in [-0.15, -0.1) is 0 Å². The van der Waals surface area contributed by atoms with Crippen LogP contribution in [0.3, 0.4) is 0 Å². The van der Waals surface area contributed by atoms with E-state index in [0.29, 0.717) is 6.54 Å². The van der Waals surface area contributed by atoms with Crippen LogP contribution in [0.15, 0.2) is 0 Å². The molecule has 0 bridgehead atoms. The Kier molecular flexibility index (Phi) is 5.46.